The molecule has 0 spiro atoms. The summed E-state index contributed by atoms with van der Waals surface area (Å²) in [6, 6.07) is 3.73. The Morgan fingerprint density at radius 2 is 2.29 bits per heavy atom. The van der Waals surface area contributed by atoms with Gasteiger partial charge in [0, 0.05) is 5.56 Å². The van der Waals surface area contributed by atoms with Gasteiger partial charge in [0.15, 0.2) is 6.79 Å². The number of benzene rings is 1. The maximum absolute atomic E-state index is 7.40. The molecule has 74 valence electrons. The van der Waals surface area contributed by atoms with E-state index in [1.54, 1.807) is 0 Å². The summed E-state index contributed by atoms with van der Waals surface area (Å²) in [6.07, 6.45) is 0. The van der Waals surface area contributed by atoms with E-state index in [2.05, 4.69) is 0 Å². The van der Waals surface area contributed by atoms with Gasteiger partial charge in [0.1, 0.15) is 11.6 Å². The van der Waals surface area contributed by atoms with Crippen molar-refractivity contribution >= 4 is 5.84 Å². The number of ether oxygens (including phenoxy) is 2. The van der Waals surface area contributed by atoms with Gasteiger partial charge in [-0.05, 0) is 18.6 Å². The summed E-state index contributed by atoms with van der Waals surface area (Å²) in [6.45, 7) is 2.75. The molecule has 1 aliphatic rings. The van der Waals surface area contributed by atoms with E-state index in [0.29, 0.717) is 17.9 Å². The number of hydrogen-bond donors (Lipinski definition) is 2. The third-order valence-corrected chi connectivity index (χ3v) is 2.32. The Bertz CT molecular complexity index is 388. The third-order valence-electron chi connectivity index (χ3n) is 2.32. The van der Waals surface area contributed by atoms with Crippen molar-refractivity contribution in [2.45, 2.75) is 13.5 Å². The summed E-state index contributed by atoms with van der Waals surface area (Å²) in [7, 11) is 0. The molecule has 0 fully saturated rings. The van der Waals surface area contributed by atoms with E-state index in [0.717, 1.165) is 11.1 Å². The van der Waals surface area contributed by atoms with Crippen LogP contribution in [0.5, 0.6) is 5.75 Å². The molecule has 4 heteroatoms. The van der Waals surface area contributed by atoms with Crippen molar-refractivity contribution in [1.82, 2.24) is 0 Å². The number of hydrogen-bond acceptors (Lipinski definition) is 3. The first-order valence-corrected chi connectivity index (χ1v) is 4.37. The second-order valence-electron chi connectivity index (χ2n) is 3.26. The number of rotatable bonds is 1. The van der Waals surface area contributed by atoms with E-state index in [9.17, 15) is 0 Å². The second-order valence-corrected chi connectivity index (χ2v) is 3.26. The summed E-state index contributed by atoms with van der Waals surface area (Å²) in [5, 5.41) is 7.40. The molecule has 0 aromatic heterocycles. The molecule has 2 rings (SSSR count). The van der Waals surface area contributed by atoms with Crippen LogP contribution in [-0.4, -0.2) is 12.6 Å². The lowest BCUT2D eigenvalue weighted by Crippen LogP contribution is -2.19. The van der Waals surface area contributed by atoms with Gasteiger partial charge in [-0.15, -0.1) is 0 Å². The lowest BCUT2D eigenvalue weighted by Gasteiger charge is -2.21. The van der Waals surface area contributed by atoms with Crippen LogP contribution in [0, 0.1) is 12.3 Å². The maximum Gasteiger partial charge on any atom is 0.189 e. The van der Waals surface area contributed by atoms with E-state index in [4.69, 9.17) is 20.6 Å². The van der Waals surface area contributed by atoms with Crippen LogP contribution in [0.2, 0.25) is 0 Å². The van der Waals surface area contributed by atoms with Gasteiger partial charge < -0.3 is 15.2 Å². The number of nitrogen functional groups attached to an aromatic ring is 1. The zero-order chi connectivity index (χ0) is 10.1. The average molecular weight is 192 g/mol. The molecule has 1 aromatic carbocycles. The fourth-order valence-corrected chi connectivity index (χ4v) is 1.53. The fourth-order valence-electron chi connectivity index (χ4n) is 1.53. The highest BCUT2D eigenvalue weighted by molar-refractivity contribution is 5.98. The molecule has 1 heterocycles. The smallest absolute Gasteiger partial charge is 0.189 e. The molecule has 0 saturated carbocycles. The Morgan fingerprint density at radius 3 is 3.00 bits per heavy atom. The van der Waals surface area contributed by atoms with Crippen LogP contribution in [0.4, 0.5) is 0 Å². The minimum atomic E-state index is 0.0307. The Hall–Kier alpha value is -1.55. The van der Waals surface area contributed by atoms with Crippen LogP contribution in [-0.2, 0) is 11.3 Å². The maximum atomic E-state index is 7.40. The summed E-state index contributed by atoms with van der Waals surface area (Å²) in [5.74, 6) is 0.729. The van der Waals surface area contributed by atoms with Gasteiger partial charge in [-0.2, -0.15) is 0 Å². The third kappa shape index (κ3) is 1.33. The first-order chi connectivity index (χ1) is 6.70. The highest BCUT2D eigenvalue weighted by Crippen LogP contribution is 2.30. The molecule has 0 atom stereocenters. The molecule has 0 aliphatic carbocycles. The van der Waals surface area contributed by atoms with Gasteiger partial charge in [-0.3, -0.25) is 5.41 Å². The minimum Gasteiger partial charge on any atom is -0.466 e. The van der Waals surface area contributed by atoms with Crippen LogP contribution in [0.15, 0.2) is 12.1 Å². The average Bonchev–Trinajstić information content (AvgIpc) is 2.18. The SMILES string of the molecule is Cc1ccc(C(=N)N)c2c1COCO2. The predicted molar refractivity (Wildman–Crippen MR) is 52.5 cm³/mol. The van der Waals surface area contributed by atoms with Crippen molar-refractivity contribution in [3.05, 3.63) is 28.8 Å². The van der Waals surface area contributed by atoms with E-state index >= 15 is 0 Å². The normalized spacial score (nSPS) is 14.4. The molecule has 3 N–H and O–H groups in total. The summed E-state index contributed by atoms with van der Waals surface area (Å²) in [4.78, 5) is 0. The second kappa shape index (κ2) is 3.31. The Balaban J connectivity index is 2.59. The van der Waals surface area contributed by atoms with Crippen LogP contribution in [0.3, 0.4) is 0 Å². The molecule has 0 unspecified atom stereocenters. The molecule has 0 saturated heterocycles. The number of fused-ring (bicyclic) bond motifs is 1. The summed E-state index contributed by atoms with van der Waals surface area (Å²) < 4.78 is 10.5. The van der Waals surface area contributed by atoms with E-state index < -0.39 is 0 Å². The van der Waals surface area contributed by atoms with Crippen molar-refractivity contribution in [2.75, 3.05) is 6.79 Å². The lowest BCUT2D eigenvalue weighted by atomic mass is 10.0. The van der Waals surface area contributed by atoms with Crippen LogP contribution in [0.1, 0.15) is 16.7 Å². The monoisotopic (exact) mass is 192 g/mol. The Morgan fingerprint density at radius 1 is 1.50 bits per heavy atom. The zero-order valence-electron chi connectivity index (χ0n) is 7.96. The molecule has 1 aromatic rings. The van der Waals surface area contributed by atoms with Crippen LogP contribution < -0.4 is 10.5 Å². The highest BCUT2D eigenvalue weighted by atomic mass is 16.7. The summed E-state index contributed by atoms with van der Waals surface area (Å²) in [5.41, 5.74) is 8.19. The van der Waals surface area contributed by atoms with Crippen LogP contribution in [0.25, 0.3) is 0 Å². The van der Waals surface area contributed by atoms with Crippen molar-refractivity contribution in [3.63, 3.8) is 0 Å². The Labute approximate surface area is 82.1 Å². The first-order valence-electron chi connectivity index (χ1n) is 4.37. The Kier molecular flexibility index (Phi) is 2.13. The van der Waals surface area contributed by atoms with Crippen molar-refractivity contribution in [2.24, 2.45) is 5.73 Å². The topological polar surface area (TPSA) is 68.3 Å². The summed E-state index contributed by atoms with van der Waals surface area (Å²) >= 11 is 0. The number of nitrogens with two attached hydrogens (primary N) is 1. The minimum absolute atomic E-state index is 0.0307. The highest BCUT2D eigenvalue weighted by Gasteiger charge is 2.18. The number of amidine groups is 1. The predicted octanol–water partition coefficient (Wildman–Crippen LogP) is 1.15. The molecule has 0 radical (unpaired) electrons. The van der Waals surface area contributed by atoms with Gasteiger partial charge >= 0.3 is 0 Å². The fraction of sp³-hybridized carbons (Fsp3) is 0.300. The van der Waals surface area contributed by atoms with Crippen LogP contribution >= 0.6 is 0 Å². The molecule has 0 bridgehead atoms. The molecular formula is C10H12N2O2. The standard InChI is InChI=1S/C10H12N2O2/c1-6-2-3-7(10(11)12)9-8(6)4-13-5-14-9/h2-3H,4-5H2,1H3,(H3,11,12). The van der Waals surface area contributed by atoms with Crippen molar-refractivity contribution < 1.29 is 9.47 Å². The first kappa shape index (κ1) is 9.02. The van der Waals surface area contributed by atoms with Gasteiger partial charge in [0.25, 0.3) is 0 Å². The zero-order valence-corrected chi connectivity index (χ0v) is 7.96. The van der Waals surface area contributed by atoms with Gasteiger partial charge in [0.2, 0.25) is 0 Å². The molecule has 14 heavy (non-hydrogen) atoms. The van der Waals surface area contributed by atoms with Gasteiger partial charge in [-0.1, -0.05) is 6.07 Å². The lowest BCUT2D eigenvalue weighted by molar-refractivity contribution is -0.0168. The van der Waals surface area contributed by atoms with E-state index in [-0.39, 0.29) is 12.6 Å². The van der Waals surface area contributed by atoms with E-state index in [1.165, 1.54) is 0 Å². The molecule has 0 amide bonds. The van der Waals surface area contributed by atoms with Gasteiger partial charge in [0.05, 0.1) is 12.2 Å². The quantitative estimate of drug-likeness (QED) is 0.518. The van der Waals surface area contributed by atoms with Gasteiger partial charge in [-0.25, -0.2) is 0 Å². The molecular weight excluding hydrogens is 180 g/mol. The van der Waals surface area contributed by atoms with Crippen molar-refractivity contribution in [1.29, 1.82) is 5.41 Å². The molecule has 4 nitrogen and oxygen atoms in total. The largest absolute Gasteiger partial charge is 0.466 e. The number of nitrogens with one attached hydrogen (secondary N) is 1. The molecule has 1 aliphatic heterocycles. The number of aryl methyl sites for hydroxylation is 1. The van der Waals surface area contributed by atoms with E-state index in [1.807, 2.05) is 19.1 Å². The van der Waals surface area contributed by atoms with Crippen molar-refractivity contribution in [3.8, 4) is 5.75 Å².